The molecule has 0 saturated carbocycles. The summed E-state index contributed by atoms with van der Waals surface area (Å²) in [6.07, 6.45) is 1.83. The molecule has 0 spiro atoms. The number of ketones is 1. The fraction of sp³-hybridized carbons (Fsp3) is 0.500. The molecular weight excluding hydrogens is 280 g/mol. The van der Waals surface area contributed by atoms with E-state index in [1.807, 2.05) is 32.0 Å². The third-order valence-corrected chi connectivity index (χ3v) is 3.40. The third-order valence-electron chi connectivity index (χ3n) is 2.53. The molecule has 0 aliphatic heterocycles. The number of carbonyl (C=O) groups excluding carboxylic acids is 1. The van der Waals surface area contributed by atoms with E-state index in [0.29, 0.717) is 17.9 Å². The number of ether oxygens (including phenoxy) is 1. The van der Waals surface area contributed by atoms with Gasteiger partial charge in [-0.05, 0) is 32.4 Å². The van der Waals surface area contributed by atoms with Crippen molar-refractivity contribution in [1.82, 2.24) is 0 Å². The number of Topliss-reactive ketones (excluding diaryl/α,β-unsaturated/α-hetero) is 1. The van der Waals surface area contributed by atoms with Crippen LogP contribution in [0.1, 0.15) is 42.6 Å². The Bertz CT molecular complexity index is 388. The van der Waals surface area contributed by atoms with Gasteiger partial charge in [-0.2, -0.15) is 0 Å². The van der Waals surface area contributed by atoms with Gasteiger partial charge in [0.15, 0.2) is 5.78 Å². The van der Waals surface area contributed by atoms with Crippen molar-refractivity contribution >= 4 is 21.7 Å². The van der Waals surface area contributed by atoms with Gasteiger partial charge in [0.2, 0.25) is 0 Å². The first-order chi connectivity index (χ1) is 8.10. The average molecular weight is 299 g/mol. The molecular formula is C14H19BrO2. The summed E-state index contributed by atoms with van der Waals surface area (Å²) in [5.41, 5.74) is 1.76. The zero-order valence-electron chi connectivity index (χ0n) is 10.6. The van der Waals surface area contributed by atoms with Gasteiger partial charge in [-0.1, -0.05) is 40.9 Å². The van der Waals surface area contributed by atoms with E-state index in [2.05, 4.69) is 22.9 Å². The van der Waals surface area contributed by atoms with Crippen LogP contribution in [0.3, 0.4) is 0 Å². The van der Waals surface area contributed by atoms with E-state index in [4.69, 9.17) is 4.74 Å². The number of hydrogen-bond acceptors (Lipinski definition) is 2. The first kappa shape index (κ1) is 14.2. The molecule has 1 aromatic carbocycles. The Morgan fingerprint density at radius 3 is 2.71 bits per heavy atom. The molecule has 0 radical (unpaired) electrons. The minimum Gasteiger partial charge on any atom is -0.493 e. The maximum atomic E-state index is 12.3. The zero-order valence-corrected chi connectivity index (χ0v) is 12.2. The fourth-order valence-electron chi connectivity index (χ4n) is 1.67. The summed E-state index contributed by atoms with van der Waals surface area (Å²) in [5.74, 6) is 0.794. The molecule has 0 heterocycles. The van der Waals surface area contributed by atoms with Gasteiger partial charge in [0.1, 0.15) is 5.75 Å². The van der Waals surface area contributed by atoms with Gasteiger partial charge < -0.3 is 4.74 Å². The molecule has 0 aliphatic rings. The molecule has 0 bridgehead atoms. The van der Waals surface area contributed by atoms with E-state index >= 15 is 0 Å². The van der Waals surface area contributed by atoms with Crippen LogP contribution in [0, 0.1) is 6.92 Å². The minimum absolute atomic E-state index is 0.110. The second-order valence-electron chi connectivity index (χ2n) is 4.05. The Balaban J connectivity index is 3.01. The van der Waals surface area contributed by atoms with Gasteiger partial charge in [0, 0.05) is 0 Å². The maximum Gasteiger partial charge on any atom is 0.180 e. The highest BCUT2D eigenvalue weighted by Crippen LogP contribution is 2.25. The van der Waals surface area contributed by atoms with Crippen LogP contribution in [-0.2, 0) is 0 Å². The highest BCUT2D eigenvalue weighted by atomic mass is 79.9. The maximum absolute atomic E-state index is 12.3. The van der Waals surface area contributed by atoms with Crippen molar-refractivity contribution in [3.63, 3.8) is 0 Å². The Morgan fingerprint density at radius 1 is 1.41 bits per heavy atom. The molecule has 1 rings (SSSR count). The molecule has 2 nitrogen and oxygen atoms in total. The Morgan fingerprint density at radius 2 is 2.12 bits per heavy atom. The standard InChI is InChI=1S/C14H19BrO2/c1-4-6-12(15)14(16)11-9-10(3)7-8-13(11)17-5-2/h7-9,12H,4-6H2,1-3H3. The van der Waals surface area contributed by atoms with Gasteiger partial charge >= 0.3 is 0 Å². The third kappa shape index (κ3) is 3.84. The molecule has 0 aliphatic carbocycles. The smallest absolute Gasteiger partial charge is 0.180 e. The van der Waals surface area contributed by atoms with Crippen LogP contribution in [0.2, 0.25) is 0 Å². The van der Waals surface area contributed by atoms with Crippen molar-refractivity contribution in [1.29, 1.82) is 0 Å². The van der Waals surface area contributed by atoms with E-state index in [-0.39, 0.29) is 10.6 Å². The highest BCUT2D eigenvalue weighted by Gasteiger charge is 2.20. The van der Waals surface area contributed by atoms with Gasteiger partial charge in [-0.3, -0.25) is 4.79 Å². The Hall–Kier alpha value is -0.830. The lowest BCUT2D eigenvalue weighted by molar-refractivity contribution is 0.0984. The van der Waals surface area contributed by atoms with Crippen LogP contribution >= 0.6 is 15.9 Å². The van der Waals surface area contributed by atoms with Crippen LogP contribution in [0.4, 0.5) is 0 Å². The number of hydrogen-bond donors (Lipinski definition) is 0. The Kier molecular flexibility index (Phi) is 5.69. The van der Waals surface area contributed by atoms with Crippen LogP contribution < -0.4 is 4.74 Å². The van der Waals surface area contributed by atoms with Crippen molar-refractivity contribution < 1.29 is 9.53 Å². The predicted molar refractivity (Wildman–Crippen MR) is 74.3 cm³/mol. The van der Waals surface area contributed by atoms with Crippen LogP contribution in [0.5, 0.6) is 5.75 Å². The van der Waals surface area contributed by atoms with Crippen molar-refractivity contribution in [2.75, 3.05) is 6.61 Å². The summed E-state index contributed by atoms with van der Waals surface area (Å²) in [4.78, 5) is 12.1. The van der Waals surface area contributed by atoms with Crippen molar-refractivity contribution in [2.45, 2.75) is 38.4 Å². The zero-order chi connectivity index (χ0) is 12.8. The molecule has 17 heavy (non-hydrogen) atoms. The number of halogens is 1. The number of rotatable bonds is 6. The molecule has 1 unspecified atom stereocenters. The molecule has 0 N–H and O–H groups in total. The lowest BCUT2D eigenvalue weighted by Crippen LogP contribution is -2.15. The summed E-state index contributed by atoms with van der Waals surface area (Å²) < 4.78 is 5.50. The first-order valence-corrected chi connectivity index (χ1v) is 6.93. The topological polar surface area (TPSA) is 26.3 Å². The lowest BCUT2D eigenvalue weighted by atomic mass is 10.0. The number of alkyl halides is 1. The molecule has 0 aromatic heterocycles. The average Bonchev–Trinajstić information content (AvgIpc) is 2.31. The number of carbonyl (C=O) groups is 1. The highest BCUT2D eigenvalue weighted by molar-refractivity contribution is 9.10. The summed E-state index contributed by atoms with van der Waals surface area (Å²) in [6.45, 7) is 6.55. The monoisotopic (exact) mass is 298 g/mol. The van der Waals surface area contributed by atoms with Gasteiger partial charge in [0.25, 0.3) is 0 Å². The van der Waals surface area contributed by atoms with E-state index in [9.17, 15) is 4.79 Å². The summed E-state index contributed by atoms with van der Waals surface area (Å²) in [5, 5.41) is 0. The molecule has 94 valence electrons. The van der Waals surface area contributed by atoms with Crippen molar-refractivity contribution in [2.24, 2.45) is 0 Å². The van der Waals surface area contributed by atoms with Gasteiger partial charge in [0.05, 0.1) is 17.0 Å². The number of aryl methyl sites for hydroxylation is 1. The molecule has 0 fully saturated rings. The van der Waals surface area contributed by atoms with Crippen molar-refractivity contribution in [3.05, 3.63) is 29.3 Å². The van der Waals surface area contributed by atoms with E-state index < -0.39 is 0 Å². The van der Waals surface area contributed by atoms with Crippen LogP contribution in [0.25, 0.3) is 0 Å². The van der Waals surface area contributed by atoms with Crippen LogP contribution in [-0.4, -0.2) is 17.2 Å². The quantitative estimate of drug-likeness (QED) is 0.583. The van der Waals surface area contributed by atoms with E-state index in [1.54, 1.807) is 0 Å². The summed E-state index contributed by atoms with van der Waals surface area (Å²) >= 11 is 3.44. The fourth-order valence-corrected chi connectivity index (χ4v) is 2.38. The van der Waals surface area contributed by atoms with Crippen LogP contribution in [0.15, 0.2) is 18.2 Å². The summed E-state index contributed by atoms with van der Waals surface area (Å²) in [6, 6.07) is 5.74. The van der Waals surface area contributed by atoms with Crippen molar-refractivity contribution in [3.8, 4) is 5.75 Å². The minimum atomic E-state index is -0.117. The normalized spacial score (nSPS) is 12.2. The molecule has 3 heteroatoms. The van der Waals surface area contributed by atoms with Gasteiger partial charge in [-0.25, -0.2) is 0 Å². The first-order valence-electron chi connectivity index (χ1n) is 6.01. The molecule has 1 aromatic rings. The SMILES string of the molecule is CCCC(Br)C(=O)c1cc(C)ccc1OCC. The molecule has 1 atom stereocenters. The lowest BCUT2D eigenvalue weighted by Gasteiger charge is -2.13. The second kappa shape index (κ2) is 6.80. The summed E-state index contributed by atoms with van der Waals surface area (Å²) in [7, 11) is 0. The van der Waals surface area contributed by atoms with Gasteiger partial charge in [-0.15, -0.1) is 0 Å². The molecule has 0 amide bonds. The Labute approximate surface area is 111 Å². The second-order valence-corrected chi connectivity index (χ2v) is 5.16. The number of benzene rings is 1. The van der Waals surface area contributed by atoms with E-state index in [0.717, 1.165) is 18.4 Å². The predicted octanol–water partition coefficient (Wildman–Crippen LogP) is 4.14. The molecule has 0 saturated heterocycles. The van der Waals surface area contributed by atoms with E-state index in [1.165, 1.54) is 0 Å². The largest absolute Gasteiger partial charge is 0.493 e.